The lowest BCUT2D eigenvalue weighted by Gasteiger charge is -2.14. The lowest BCUT2D eigenvalue weighted by Crippen LogP contribution is -2.27. The topological polar surface area (TPSA) is 77.4 Å². The molecule has 0 aromatic heterocycles. The Morgan fingerprint density at radius 3 is 1.81 bits per heavy atom. The fourth-order valence-corrected chi connectivity index (χ4v) is 2.96. The minimum Gasteiger partial charge on any atom is -0.497 e. The number of methoxy groups -OCH3 is 2. The molecule has 31 heavy (non-hydrogen) atoms. The van der Waals surface area contributed by atoms with E-state index < -0.39 is 18.6 Å². The summed E-state index contributed by atoms with van der Waals surface area (Å²) in [4.78, 5) is 17.2. The molecule has 0 aliphatic rings. The van der Waals surface area contributed by atoms with Crippen LogP contribution in [0.4, 0.5) is 0 Å². The van der Waals surface area contributed by atoms with Crippen molar-refractivity contribution in [2.45, 2.75) is 12.6 Å². The number of nitrogens with zero attached hydrogens (tertiary/aromatic N) is 1. The molecule has 0 fully saturated rings. The standard InChI is InChI=1S/C25H25NO5/c1-29-21-12-8-19(9-13-21)24(20-10-14-22(30-2)15-11-20)26-23(16-27)25(28)31-17-18-6-4-3-5-7-18/h3-15,23,27H,16-17H2,1-2H3/t23-/m0/s1. The number of aliphatic hydroxyl groups is 1. The molecule has 3 aromatic carbocycles. The first-order valence-electron chi connectivity index (χ1n) is 9.82. The minimum atomic E-state index is -1.05. The summed E-state index contributed by atoms with van der Waals surface area (Å²) in [6, 6.07) is 23.0. The number of carbonyl (C=O) groups excluding carboxylic acids is 1. The highest BCUT2D eigenvalue weighted by molar-refractivity contribution is 6.13. The van der Waals surface area contributed by atoms with Gasteiger partial charge >= 0.3 is 5.97 Å². The predicted octanol–water partition coefficient (Wildman–Crippen LogP) is 3.65. The van der Waals surface area contributed by atoms with E-state index in [1.807, 2.05) is 78.9 Å². The molecule has 0 aliphatic heterocycles. The van der Waals surface area contributed by atoms with Crippen LogP contribution in [0.15, 0.2) is 83.9 Å². The van der Waals surface area contributed by atoms with Crippen molar-refractivity contribution in [3.63, 3.8) is 0 Å². The van der Waals surface area contributed by atoms with Gasteiger partial charge in [0, 0.05) is 11.1 Å². The smallest absolute Gasteiger partial charge is 0.333 e. The van der Waals surface area contributed by atoms with E-state index >= 15 is 0 Å². The number of aliphatic hydroxyl groups excluding tert-OH is 1. The molecule has 1 N–H and O–H groups in total. The third kappa shape index (κ3) is 5.93. The molecule has 0 saturated carbocycles. The zero-order chi connectivity index (χ0) is 22.1. The van der Waals surface area contributed by atoms with Crippen LogP contribution in [0.25, 0.3) is 0 Å². The Balaban J connectivity index is 1.89. The molecule has 3 aromatic rings. The molecule has 1 atom stereocenters. The van der Waals surface area contributed by atoms with Crippen molar-refractivity contribution in [3.8, 4) is 11.5 Å². The van der Waals surface area contributed by atoms with Gasteiger partial charge in [-0.05, 0) is 54.1 Å². The van der Waals surface area contributed by atoms with Crippen molar-refractivity contribution in [1.29, 1.82) is 0 Å². The molecule has 6 heteroatoms. The maximum absolute atomic E-state index is 12.6. The number of rotatable bonds is 9. The van der Waals surface area contributed by atoms with E-state index in [1.54, 1.807) is 14.2 Å². The monoisotopic (exact) mass is 419 g/mol. The van der Waals surface area contributed by atoms with Crippen LogP contribution in [0.2, 0.25) is 0 Å². The van der Waals surface area contributed by atoms with Crippen LogP contribution in [0.5, 0.6) is 11.5 Å². The van der Waals surface area contributed by atoms with Crippen molar-refractivity contribution in [2.24, 2.45) is 4.99 Å². The molecule has 0 amide bonds. The van der Waals surface area contributed by atoms with E-state index in [-0.39, 0.29) is 6.61 Å². The van der Waals surface area contributed by atoms with E-state index in [2.05, 4.69) is 4.99 Å². The molecule has 0 heterocycles. The summed E-state index contributed by atoms with van der Waals surface area (Å²) in [5.41, 5.74) is 2.98. The first kappa shape index (κ1) is 22.1. The van der Waals surface area contributed by atoms with Gasteiger partial charge in [-0.2, -0.15) is 0 Å². The highest BCUT2D eigenvalue weighted by Crippen LogP contribution is 2.19. The Bertz CT molecular complexity index is 949. The van der Waals surface area contributed by atoms with Crippen LogP contribution in [-0.2, 0) is 16.1 Å². The maximum atomic E-state index is 12.6. The zero-order valence-corrected chi connectivity index (χ0v) is 17.5. The van der Waals surface area contributed by atoms with Crippen LogP contribution in [0, 0.1) is 0 Å². The maximum Gasteiger partial charge on any atom is 0.333 e. The fourth-order valence-electron chi connectivity index (χ4n) is 2.96. The Hall–Kier alpha value is -3.64. The third-order valence-corrected chi connectivity index (χ3v) is 4.68. The van der Waals surface area contributed by atoms with E-state index in [0.29, 0.717) is 17.2 Å². The first-order valence-corrected chi connectivity index (χ1v) is 9.82. The van der Waals surface area contributed by atoms with Gasteiger partial charge in [-0.25, -0.2) is 4.79 Å². The van der Waals surface area contributed by atoms with Gasteiger partial charge in [0.15, 0.2) is 6.04 Å². The highest BCUT2D eigenvalue weighted by atomic mass is 16.5. The second-order valence-electron chi connectivity index (χ2n) is 6.73. The van der Waals surface area contributed by atoms with E-state index in [4.69, 9.17) is 14.2 Å². The van der Waals surface area contributed by atoms with Gasteiger partial charge in [-0.15, -0.1) is 0 Å². The minimum absolute atomic E-state index is 0.117. The van der Waals surface area contributed by atoms with Crippen molar-refractivity contribution in [2.75, 3.05) is 20.8 Å². The number of hydrogen-bond acceptors (Lipinski definition) is 6. The van der Waals surface area contributed by atoms with Gasteiger partial charge in [0.25, 0.3) is 0 Å². The number of aliphatic imine (C=N–C) groups is 1. The van der Waals surface area contributed by atoms with Crippen LogP contribution < -0.4 is 9.47 Å². The molecule has 0 aliphatic carbocycles. The molecule has 0 spiro atoms. The molecule has 0 bridgehead atoms. The van der Waals surface area contributed by atoms with Crippen LogP contribution in [-0.4, -0.2) is 43.7 Å². The lowest BCUT2D eigenvalue weighted by molar-refractivity contribution is -0.147. The van der Waals surface area contributed by atoms with Crippen molar-refractivity contribution in [3.05, 3.63) is 95.6 Å². The molecule has 160 valence electrons. The molecule has 0 saturated heterocycles. The molecule has 0 unspecified atom stereocenters. The van der Waals surface area contributed by atoms with Gasteiger partial charge in [-0.3, -0.25) is 4.99 Å². The second kappa shape index (κ2) is 10.9. The summed E-state index contributed by atoms with van der Waals surface area (Å²) in [7, 11) is 3.19. The van der Waals surface area contributed by atoms with E-state index in [9.17, 15) is 9.90 Å². The van der Waals surface area contributed by atoms with Gasteiger partial charge in [0.2, 0.25) is 0 Å². The number of benzene rings is 3. The summed E-state index contributed by atoms with van der Waals surface area (Å²) < 4.78 is 15.8. The molecular formula is C25H25NO5. The quantitative estimate of drug-likeness (QED) is 0.423. The SMILES string of the molecule is COc1ccc(C(=N[C@@H](CO)C(=O)OCc2ccccc2)c2ccc(OC)cc2)cc1. The normalized spacial score (nSPS) is 11.3. The van der Waals surface area contributed by atoms with Gasteiger partial charge < -0.3 is 19.3 Å². The van der Waals surface area contributed by atoms with E-state index in [0.717, 1.165) is 16.7 Å². The Kier molecular flexibility index (Phi) is 7.79. The highest BCUT2D eigenvalue weighted by Gasteiger charge is 2.21. The Morgan fingerprint density at radius 1 is 0.839 bits per heavy atom. The number of ether oxygens (including phenoxy) is 3. The lowest BCUT2D eigenvalue weighted by atomic mass is 10.0. The van der Waals surface area contributed by atoms with Crippen molar-refractivity contribution in [1.82, 2.24) is 0 Å². The summed E-state index contributed by atoms with van der Waals surface area (Å²) in [5.74, 6) is 0.823. The Morgan fingerprint density at radius 2 is 1.35 bits per heavy atom. The largest absolute Gasteiger partial charge is 0.497 e. The molecule has 3 rings (SSSR count). The van der Waals surface area contributed by atoms with Crippen LogP contribution in [0.3, 0.4) is 0 Å². The van der Waals surface area contributed by atoms with E-state index in [1.165, 1.54) is 0 Å². The van der Waals surface area contributed by atoms with Gasteiger partial charge in [0.1, 0.15) is 18.1 Å². The number of hydrogen-bond donors (Lipinski definition) is 1. The predicted molar refractivity (Wildman–Crippen MR) is 119 cm³/mol. The first-order chi connectivity index (χ1) is 15.1. The Labute approximate surface area is 181 Å². The number of carbonyl (C=O) groups is 1. The summed E-state index contributed by atoms with van der Waals surface area (Å²) >= 11 is 0. The average molecular weight is 419 g/mol. The van der Waals surface area contributed by atoms with Gasteiger partial charge in [0.05, 0.1) is 26.5 Å². The zero-order valence-electron chi connectivity index (χ0n) is 17.5. The average Bonchev–Trinajstić information content (AvgIpc) is 2.84. The molecular weight excluding hydrogens is 394 g/mol. The summed E-state index contributed by atoms with van der Waals surface area (Å²) in [6.45, 7) is -0.352. The summed E-state index contributed by atoms with van der Waals surface area (Å²) in [5, 5.41) is 9.85. The fraction of sp³-hybridized carbons (Fsp3) is 0.200. The third-order valence-electron chi connectivity index (χ3n) is 4.68. The molecule has 0 radical (unpaired) electrons. The summed E-state index contributed by atoms with van der Waals surface area (Å²) in [6.07, 6.45) is 0. The van der Waals surface area contributed by atoms with Gasteiger partial charge in [-0.1, -0.05) is 30.3 Å². The number of esters is 1. The van der Waals surface area contributed by atoms with Crippen molar-refractivity contribution < 1.29 is 24.1 Å². The van der Waals surface area contributed by atoms with Crippen LogP contribution in [0.1, 0.15) is 16.7 Å². The molecule has 6 nitrogen and oxygen atoms in total. The van der Waals surface area contributed by atoms with Crippen molar-refractivity contribution >= 4 is 11.7 Å². The second-order valence-corrected chi connectivity index (χ2v) is 6.73. The van der Waals surface area contributed by atoms with Crippen LogP contribution >= 0.6 is 0 Å².